The zero-order valence-corrected chi connectivity index (χ0v) is 12.1. The smallest absolute Gasteiger partial charge is 0.268 e. The number of aryl methyl sites for hydroxylation is 1. The van der Waals surface area contributed by atoms with E-state index in [2.05, 4.69) is 30.1 Å². The van der Waals surface area contributed by atoms with Crippen LogP contribution in [0.1, 0.15) is 37.7 Å². The summed E-state index contributed by atoms with van der Waals surface area (Å²) < 4.78 is 10.7. The Kier molecular flexibility index (Phi) is 5.07. The minimum atomic E-state index is -0.339. The Labute approximate surface area is 116 Å². The van der Waals surface area contributed by atoms with E-state index in [1.807, 2.05) is 5.38 Å². The van der Waals surface area contributed by atoms with Crippen molar-refractivity contribution in [2.24, 2.45) is 5.73 Å². The molecule has 19 heavy (non-hydrogen) atoms. The second-order valence-electron chi connectivity index (χ2n) is 4.27. The first kappa shape index (κ1) is 14.2. The van der Waals surface area contributed by atoms with Crippen LogP contribution >= 0.6 is 11.3 Å². The van der Waals surface area contributed by atoms with Gasteiger partial charge in [0.15, 0.2) is 5.82 Å². The van der Waals surface area contributed by atoms with E-state index in [0.29, 0.717) is 24.9 Å². The second kappa shape index (κ2) is 6.79. The molecule has 104 valence electrons. The fourth-order valence-electron chi connectivity index (χ4n) is 1.71. The van der Waals surface area contributed by atoms with Gasteiger partial charge in [0.25, 0.3) is 5.89 Å². The van der Waals surface area contributed by atoms with E-state index in [9.17, 15) is 0 Å². The van der Waals surface area contributed by atoms with Gasteiger partial charge in [0.05, 0.1) is 17.5 Å². The number of aromatic nitrogens is 2. The van der Waals surface area contributed by atoms with E-state index < -0.39 is 0 Å². The lowest BCUT2D eigenvalue weighted by molar-refractivity contribution is 0.119. The first-order chi connectivity index (χ1) is 9.26. The van der Waals surface area contributed by atoms with Gasteiger partial charge in [-0.1, -0.05) is 19.0 Å². The van der Waals surface area contributed by atoms with Crippen molar-refractivity contribution in [3.8, 4) is 10.8 Å². The molecule has 0 saturated carbocycles. The highest BCUT2D eigenvalue weighted by Crippen LogP contribution is 2.29. The molecule has 0 spiro atoms. The van der Waals surface area contributed by atoms with E-state index in [0.717, 1.165) is 17.7 Å². The minimum absolute atomic E-state index is 0.339. The van der Waals surface area contributed by atoms with Gasteiger partial charge in [-0.3, -0.25) is 0 Å². The van der Waals surface area contributed by atoms with Crippen LogP contribution in [0.5, 0.6) is 0 Å². The van der Waals surface area contributed by atoms with Crippen molar-refractivity contribution < 1.29 is 9.26 Å². The molecular formula is C13H19N3O2S. The number of thiophene rings is 1. The number of nitrogens with two attached hydrogens (primary N) is 1. The number of ether oxygens (including phenoxy) is 1. The zero-order chi connectivity index (χ0) is 13.7. The fraction of sp³-hybridized carbons (Fsp3) is 0.538. The van der Waals surface area contributed by atoms with Crippen molar-refractivity contribution in [3.05, 3.63) is 22.8 Å². The van der Waals surface area contributed by atoms with Gasteiger partial charge in [0.1, 0.15) is 0 Å². The molecule has 2 heterocycles. The topological polar surface area (TPSA) is 74.2 Å². The SMILES string of the molecule is CCCOCC(N)c1noc(-c2sccc2CC)n1. The second-order valence-corrected chi connectivity index (χ2v) is 5.18. The van der Waals surface area contributed by atoms with Crippen LogP contribution in [0.3, 0.4) is 0 Å². The highest BCUT2D eigenvalue weighted by molar-refractivity contribution is 7.13. The van der Waals surface area contributed by atoms with Crippen LogP contribution in [0.2, 0.25) is 0 Å². The fourth-order valence-corrected chi connectivity index (χ4v) is 2.62. The molecule has 1 unspecified atom stereocenters. The van der Waals surface area contributed by atoms with Crippen LogP contribution in [0.4, 0.5) is 0 Å². The summed E-state index contributed by atoms with van der Waals surface area (Å²) in [5.74, 6) is 1.05. The van der Waals surface area contributed by atoms with E-state index in [4.69, 9.17) is 15.0 Å². The summed E-state index contributed by atoms with van der Waals surface area (Å²) in [5.41, 5.74) is 7.18. The maximum Gasteiger partial charge on any atom is 0.268 e. The zero-order valence-electron chi connectivity index (χ0n) is 11.3. The summed E-state index contributed by atoms with van der Waals surface area (Å²) >= 11 is 1.61. The third-order valence-electron chi connectivity index (χ3n) is 2.74. The summed E-state index contributed by atoms with van der Waals surface area (Å²) in [4.78, 5) is 5.40. The molecule has 0 aliphatic rings. The van der Waals surface area contributed by atoms with Crippen molar-refractivity contribution >= 4 is 11.3 Å². The van der Waals surface area contributed by atoms with Crippen molar-refractivity contribution in [1.29, 1.82) is 0 Å². The maximum atomic E-state index is 5.97. The average Bonchev–Trinajstić information content (AvgIpc) is 3.07. The van der Waals surface area contributed by atoms with Crippen LogP contribution in [0, 0.1) is 0 Å². The summed E-state index contributed by atoms with van der Waals surface area (Å²) in [7, 11) is 0. The molecule has 6 heteroatoms. The summed E-state index contributed by atoms with van der Waals surface area (Å²) in [6.07, 6.45) is 1.92. The molecule has 2 rings (SSSR count). The molecule has 0 fully saturated rings. The molecule has 0 amide bonds. The Morgan fingerprint density at radius 2 is 2.32 bits per heavy atom. The van der Waals surface area contributed by atoms with Crippen LogP contribution in [-0.4, -0.2) is 23.4 Å². The molecule has 0 aliphatic heterocycles. The van der Waals surface area contributed by atoms with Crippen LogP contribution in [0.25, 0.3) is 10.8 Å². The first-order valence-electron chi connectivity index (χ1n) is 6.49. The molecule has 0 saturated heterocycles. The van der Waals surface area contributed by atoms with Gasteiger partial charge in [0, 0.05) is 6.61 Å². The molecule has 0 aliphatic carbocycles. The lowest BCUT2D eigenvalue weighted by Crippen LogP contribution is -2.18. The molecular weight excluding hydrogens is 262 g/mol. The Morgan fingerprint density at radius 3 is 3.05 bits per heavy atom. The number of rotatable bonds is 7. The quantitative estimate of drug-likeness (QED) is 0.790. The third kappa shape index (κ3) is 3.40. The lowest BCUT2D eigenvalue weighted by atomic mass is 10.2. The van der Waals surface area contributed by atoms with Gasteiger partial charge in [-0.05, 0) is 29.9 Å². The number of hydrogen-bond acceptors (Lipinski definition) is 6. The molecule has 1 atom stereocenters. The molecule has 0 radical (unpaired) electrons. The molecule has 0 bridgehead atoms. The van der Waals surface area contributed by atoms with Crippen molar-refractivity contribution in [3.63, 3.8) is 0 Å². The van der Waals surface area contributed by atoms with E-state index in [1.54, 1.807) is 11.3 Å². The average molecular weight is 281 g/mol. The Bertz CT molecular complexity index is 509. The van der Waals surface area contributed by atoms with Crippen molar-refractivity contribution in [1.82, 2.24) is 10.1 Å². The first-order valence-corrected chi connectivity index (χ1v) is 7.37. The highest BCUT2D eigenvalue weighted by Gasteiger charge is 2.17. The highest BCUT2D eigenvalue weighted by atomic mass is 32.1. The molecule has 0 aromatic carbocycles. The van der Waals surface area contributed by atoms with Gasteiger partial charge in [0.2, 0.25) is 0 Å². The maximum absolute atomic E-state index is 5.97. The predicted molar refractivity (Wildman–Crippen MR) is 75.0 cm³/mol. The predicted octanol–water partition coefficient (Wildman–Crippen LogP) is 2.79. The van der Waals surface area contributed by atoms with Crippen molar-refractivity contribution in [2.75, 3.05) is 13.2 Å². The van der Waals surface area contributed by atoms with Gasteiger partial charge >= 0.3 is 0 Å². The molecule has 5 nitrogen and oxygen atoms in total. The minimum Gasteiger partial charge on any atom is -0.379 e. The molecule has 2 aromatic rings. The normalized spacial score (nSPS) is 12.8. The molecule has 2 N–H and O–H groups in total. The summed E-state index contributed by atoms with van der Waals surface area (Å²) in [6.45, 7) is 5.27. The lowest BCUT2D eigenvalue weighted by Gasteiger charge is -2.06. The third-order valence-corrected chi connectivity index (χ3v) is 3.69. The molecule has 2 aromatic heterocycles. The van der Waals surface area contributed by atoms with Crippen LogP contribution < -0.4 is 5.73 Å². The van der Waals surface area contributed by atoms with Gasteiger partial charge in [-0.25, -0.2) is 0 Å². The standard InChI is InChI=1S/C13H19N3O2S/c1-3-6-17-8-10(14)12-15-13(18-16-12)11-9(4-2)5-7-19-11/h5,7,10H,3-4,6,8,14H2,1-2H3. The Balaban J connectivity index is 2.06. The van der Waals surface area contributed by atoms with E-state index in [1.165, 1.54) is 5.56 Å². The van der Waals surface area contributed by atoms with Crippen LogP contribution in [-0.2, 0) is 11.2 Å². The monoisotopic (exact) mass is 281 g/mol. The van der Waals surface area contributed by atoms with Crippen molar-refractivity contribution in [2.45, 2.75) is 32.7 Å². The Morgan fingerprint density at radius 1 is 1.47 bits per heavy atom. The van der Waals surface area contributed by atoms with E-state index in [-0.39, 0.29) is 6.04 Å². The summed E-state index contributed by atoms with van der Waals surface area (Å²) in [5, 5.41) is 5.97. The van der Waals surface area contributed by atoms with E-state index >= 15 is 0 Å². The van der Waals surface area contributed by atoms with Crippen LogP contribution in [0.15, 0.2) is 16.0 Å². The van der Waals surface area contributed by atoms with Gasteiger partial charge in [-0.2, -0.15) is 4.98 Å². The van der Waals surface area contributed by atoms with Gasteiger partial charge < -0.3 is 15.0 Å². The number of hydrogen-bond donors (Lipinski definition) is 1. The largest absolute Gasteiger partial charge is 0.379 e. The van der Waals surface area contributed by atoms with Gasteiger partial charge in [-0.15, -0.1) is 11.3 Å². The number of nitrogens with zero attached hydrogens (tertiary/aromatic N) is 2. The Hall–Kier alpha value is -1.24. The summed E-state index contributed by atoms with van der Waals surface area (Å²) in [6, 6.07) is 1.74.